The summed E-state index contributed by atoms with van der Waals surface area (Å²) in [6.45, 7) is 3.14. The fraction of sp³-hybridized carbons (Fsp3) is 0.158. The Balaban J connectivity index is 2.20. The zero-order valence-corrected chi connectivity index (χ0v) is 15.9. The molecule has 146 valence electrons. The SMILES string of the molecule is Cc1cc([N+](=O)[O-])c(S(=O)(=O)N(Cc2ccco2)c2ccc(F)cc2)cc1C. The maximum atomic E-state index is 13.4. The monoisotopic (exact) mass is 404 g/mol. The van der Waals surface area contributed by atoms with Gasteiger partial charge in [-0.15, -0.1) is 0 Å². The number of hydrogen-bond acceptors (Lipinski definition) is 5. The number of furan rings is 1. The smallest absolute Gasteiger partial charge is 0.290 e. The van der Waals surface area contributed by atoms with E-state index in [1.807, 2.05) is 0 Å². The molecular formula is C19H17FN2O5S. The van der Waals surface area contributed by atoms with Crippen LogP contribution in [0.4, 0.5) is 15.8 Å². The maximum Gasteiger partial charge on any atom is 0.290 e. The number of hydrogen-bond donors (Lipinski definition) is 0. The Bertz CT molecular complexity index is 1110. The van der Waals surface area contributed by atoms with Crippen molar-refractivity contribution in [2.24, 2.45) is 0 Å². The Hall–Kier alpha value is -3.20. The Morgan fingerprint density at radius 1 is 1.11 bits per heavy atom. The van der Waals surface area contributed by atoms with Crippen molar-refractivity contribution < 1.29 is 22.1 Å². The number of benzene rings is 2. The van der Waals surface area contributed by atoms with Crippen molar-refractivity contribution in [3.63, 3.8) is 0 Å². The van der Waals surface area contributed by atoms with E-state index in [0.717, 1.165) is 16.4 Å². The molecule has 0 N–H and O–H groups in total. The van der Waals surface area contributed by atoms with E-state index in [9.17, 15) is 22.9 Å². The summed E-state index contributed by atoms with van der Waals surface area (Å²) in [5, 5.41) is 11.5. The number of nitro groups is 1. The molecule has 7 nitrogen and oxygen atoms in total. The molecule has 1 aromatic heterocycles. The Labute approximate surface area is 161 Å². The van der Waals surface area contributed by atoms with Crippen molar-refractivity contribution in [1.29, 1.82) is 0 Å². The van der Waals surface area contributed by atoms with Gasteiger partial charge in [-0.1, -0.05) is 0 Å². The van der Waals surface area contributed by atoms with Gasteiger partial charge in [-0.05, 0) is 67.4 Å². The van der Waals surface area contributed by atoms with E-state index < -0.39 is 31.3 Å². The van der Waals surface area contributed by atoms with Crippen LogP contribution in [0.5, 0.6) is 0 Å². The average molecular weight is 404 g/mol. The van der Waals surface area contributed by atoms with Crippen LogP contribution in [0.25, 0.3) is 0 Å². The van der Waals surface area contributed by atoms with Gasteiger partial charge < -0.3 is 4.42 Å². The second-order valence-electron chi connectivity index (χ2n) is 6.23. The standard InChI is InChI=1S/C19H17FN2O5S/c1-13-10-18(22(23)24)19(11-14(13)2)28(25,26)21(12-17-4-3-9-27-17)16-7-5-15(20)6-8-16/h3-11H,12H2,1-2H3. The first-order chi connectivity index (χ1) is 13.2. The summed E-state index contributed by atoms with van der Waals surface area (Å²) in [5.41, 5.74) is 0.839. The van der Waals surface area contributed by atoms with Gasteiger partial charge in [0.1, 0.15) is 11.6 Å². The third-order valence-corrected chi connectivity index (χ3v) is 6.14. The summed E-state index contributed by atoms with van der Waals surface area (Å²) >= 11 is 0. The van der Waals surface area contributed by atoms with E-state index in [4.69, 9.17) is 4.42 Å². The molecule has 0 spiro atoms. The number of aryl methyl sites for hydroxylation is 2. The molecule has 0 unspecified atom stereocenters. The summed E-state index contributed by atoms with van der Waals surface area (Å²) in [4.78, 5) is 10.3. The first-order valence-electron chi connectivity index (χ1n) is 8.26. The molecule has 0 aliphatic heterocycles. The second kappa shape index (κ2) is 7.43. The molecule has 9 heteroatoms. The minimum atomic E-state index is -4.35. The van der Waals surface area contributed by atoms with E-state index in [2.05, 4.69) is 0 Å². The van der Waals surface area contributed by atoms with Gasteiger partial charge in [-0.25, -0.2) is 12.8 Å². The fourth-order valence-corrected chi connectivity index (χ4v) is 4.37. The summed E-state index contributed by atoms with van der Waals surface area (Å²) in [6.07, 6.45) is 1.39. The summed E-state index contributed by atoms with van der Waals surface area (Å²) in [7, 11) is -4.35. The number of halogens is 1. The van der Waals surface area contributed by atoms with Crippen LogP contribution in [0, 0.1) is 29.8 Å². The third-order valence-electron chi connectivity index (χ3n) is 4.33. The Morgan fingerprint density at radius 3 is 2.32 bits per heavy atom. The van der Waals surface area contributed by atoms with Crippen LogP contribution in [0.1, 0.15) is 16.9 Å². The van der Waals surface area contributed by atoms with Crippen LogP contribution in [-0.2, 0) is 16.6 Å². The lowest BCUT2D eigenvalue weighted by Gasteiger charge is -2.24. The zero-order valence-electron chi connectivity index (χ0n) is 15.1. The fourth-order valence-electron chi connectivity index (χ4n) is 2.71. The molecule has 3 aromatic rings. The lowest BCUT2D eigenvalue weighted by molar-refractivity contribution is -0.387. The lowest BCUT2D eigenvalue weighted by Crippen LogP contribution is -2.31. The molecule has 0 bridgehead atoms. The largest absolute Gasteiger partial charge is 0.467 e. The highest BCUT2D eigenvalue weighted by Gasteiger charge is 2.33. The topological polar surface area (TPSA) is 93.7 Å². The molecular weight excluding hydrogens is 387 g/mol. The van der Waals surface area contributed by atoms with Crippen LogP contribution in [-0.4, -0.2) is 13.3 Å². The van der Waals surface area contributed by atoms with Gasteiger partial charge in [0.15, 0.2) is 4.90 Å². The molecule has 1 heterocycles. The van der Waals surface area contributed by atoms with Crippen LogP contribution in [0.15, 0.2) is 64.1 Å². The number of nitrogens with zero attached hydrogens (tertiary/aromatic N) is 2. The van der Waals surface area contributed by atoms with Gasteiger partial charge in [0.05, 0.1) is 23.4 Å². The second-order valence-corrected chi connectivity index (χ2v) is 8.06. The van der Waals surface area contributed by atoms with E-state index in [0.29, 0.717) is 16.9 Å². The molecule has 3 rings (SSSR count). The molecule has 0 amide bonds. The Morgan fingerprint density at radius 2 is 1.75 bits per heavy atom. The molecule has 0 fully saturated rings. The van der Waals surface area contributed by atoms with Crippen LogP contribution >= 0.6 is 0 Å². The molecule has 0 aliphatic rings. The summed E-state index contributed by atoms with van der Waals surface area (Å²) in [5.74, 6) is -0.198. The summed E-state index contributed by atoms with van der Waals surface area (Å²) in [6, 6.07) is 10.5. The number of nitro benzene ring substituents is 1. The quantitative estimate of drug-likeness (QED) is 0.450. The van der Waals surface area contributed by atoms with Crippen molar-refractivity contribution >= 4 is 21.4 Å². The first-order valence-corrected chi connectivity index (χ1v) is 9.70. The highest BCUT2D eigenvalue weighted by molar-refractivity contribution is 7.93. The predicted octanol–water partition coefficient (Wildman–Crippen LogP) is 4.34. The average Bonchev–Trinajstić information content (AvgIpc) is 3.15. The van der Waals surface area contributed by atoms with Gasteiger partial charge in [0.2, 0.25) is 0 Å². The van der Waals surface area contributed by atoms with Gasteiger partial charge >= 0.3 is 0 Å². The van der Waals surface area contributed by atoms with E-state index >= 15 is 0 Å². The van der Waals surface area contributed by atoms with Crippen LogP contribution < -0.4 is 4.31 Å². The van der Waals surface area contributed by atoms with Gasteiger partial charge in [0.25, 0.3) is 15.7 Å². The Kier molecular flexibility index (Phi) is 5.19. The van der Waals surface area contributed by atoms with E-state index in [1.54, 1.807) is 26.0 Å². The third kappa shape index (κ3) is 3.74. The highest BCUT2D eigenvalue weighted by atomic mass is 32.2. The zero-order chi connectivity index (χ0) is 20.5. The molecule has 28 heavy (non-hydrogen) atoms. The molecule has 0 saturated heterocycles. The molecule has 0 radical (unpaired) electrons. The number of rotatable bonds is 6. The van der Waals surface area contributed by atoms with Crippen molar-refractivity contribution in [2.75, 3.05) is 4.31 Å². The lowest BCUT2D eigenvalue weighted by atomic mass is 10.1. The van der Waals surface area contributed by atoms with Crippen LogP contribution in [0.3, 0.4) is 0 Å². The van der Waals surface area contributed by atoms with E-state index in [-0.39, 0.29) is 12.2 Å². The van der Waals surface area contributed by atoms with Gasteiger partial charge in [-0.2, -0.15) is 0 Å². The van der Waals surface area contributed by atoms with Crippen molar-refractivity contribution in [3.05, 3.63) is 87.6 Å². The van der Waals surface area contributed by atoms with E-state index in [1.165, 1.54) is 30.5 Å². The van der Waals surface area contributed by atoms with Gasteiger partial charge in [-0.3, -0.25) is 14.4 Å². The molecule has 0 aliphatic carbocycles. The molecule has 2 aromatic carbocycles. The van der Waals surface area contributed by atoms with Crippen molar-refractivity contribution in [2.45, 2.75) is 25.3 Å². The van der Waals surface area contributed by atoms with Crippen molar-refractivity contribution in [1.82, 2.24) is 0 Å². The normalized spacial score (nSPS) is 11.4. The maximum absolute atomic E-state index is 13.4. The number of anilines is 1. The minimum Gasteiger partial charge on any atom is -0.467 e. The highest BCUT2D eigenvalue weighted by Crippen LogP contribution is 2.33. The van der Waals surface area contributed by atoms with Gasteiger partial charge in [0, 0.05) is 6.07 Å². The van der Waals surface area contributed by atoms with Crippen molar-refractivity contribution in [3.8, 4) is 0 Å². The molecule has 0 saturated carbocycles. The predicted molar refractivity (Wildman–Crippen MR) is 101 cm³/mol. The molecule has 0 atom stereocenters. The number of sulfonamides is 1. The summed E-state index contributed by atoms with van der Waals surface area (Å²) < 4.78 is 46.4. The van der Waals surface area contributed by atoms with Crippen LogP contribution in [0.2, 0.25) is 0 Å². The first kappa shape index (κ1) is 19.6. The minimum absolute atomic E-state index is 0.158.